The number of amides is 1. The first-order chi connectivity index (χ1) is 8.20. The predicted molar refractivity (Wildman–Crippen MR) is 67.2 cm³/mol. The minimum atomic E-state index is -0.258. The summed E-state index contributed by atoms with van der Waals surface area (Å²) in [6, 6.07) is 7.72. The molecule has 0 aromatic heterocycles. The number of ether oxygens (including phenoxy) is 1. The van der Waals surface area contributed by atoms with Crippen LogP contribution >= 0.6 is 0 Å². The molecule has 1 aromatic rings. The van der Waals surface area contributed by atoms with Crippen LogP contribution in [0.25, 0.3) is 0 Å². The van der Waals surface area contributed by atoms with Crippen LogP contribution in [0, 0.1) is 0 Å². The Hall–Kier alpha value is -1.71. The van der Waals surface area contributed by atoms with E-state index in [-0.39, 0.29) is 11.9 Å². The standard InChI is InChI=1S/C13H18N2O2/c1-9(13(16)15-10-7-8-10)14-11-5-3-4-6-12(11)17-2/h3-6,9-10,14H,7-8H2,1-2H3,(H,15,16). The SMILES string of the molecule is COc1ccccc1NC(C)C(=O)NC1CC1. The van der Waals surface area contributed by atoms with Crippen molar-refractivity contribution in [1.82, 2.24) is 5.32 Å². The van der Waals surface area contributed by atoms with Crippen LogP contribution in [0.3, 0.4) is 0 Å². The highest BCUT2D eigenvalue weighted by Crippen LogP contribution is 2.24. The van der Waals surface area contributed by atoms with Crippen molar-refractivity contribution in [1.29, 1.82) is 0 Å². The first-order valence-electron chi connectivity index (χ1n) is 5.90. The van der Waals surface area contributed by atoms with E-state index in [1.54, 1.807) is 7.11 Å². The van der Waals surface area contributed by atoms with Crippen molar-refractivity contribution in [3.8, 4) is 5.75 Å². The molecule has 92 valence electrons. The quantitative estimate of drug-likeness (QED) is 0.816. The molecule has 4 nitrogen and oxygen atoms in total. The van der Waals surface area contributed by atoms with Crippen LogP contribution < -0.4 is 15.4 Å². The van der Waals surface area contributed by atoms with Crippen molar-refractivity contribution in [2.24, 2.45) is 0 Å². The number of rotatable bonds is 5. The van der Waals surface area contributed by atoms with Crippen LogP contribution in [-0.2, 0) is 4.79 Å². The number of benzene rings is 1. The molecular formula is C13H18N2O2. The molecule has 1 atom stereocenters. The van der Waals surface area contributed by atoms with Crippen molar-refractivity contribution >= 4 is 11.6 Å². The largest absolute Gasteiger partial charge is 0.495 e. The topological polar surface area (TPSA) is 50.4 Å². The van der Waals surface area contributed by atoms with Gasteiger partial charge in [-0.2, -0.15) is 0 Å². The summed E-state index contributed by atoms with van der Waals surface area (Å²) >= 11 is 0. The van der Waals surface area contributed by atoms with Crippen LogP contribution in [0.15, 0.2) is 24.3 Å². The predicted octanol–water partition coefficient (Wildman–Crippen LogP) is 1.77. The van der Waals surface area contributed by atoms with Crippen LogP contribution in [0.4, 0.5) is 5.69 Å². The number of nitrogens with one attached hydrogen (secondary N) is 2. The third kappa shape index (κ3) is 3.12. The minimum Gasteiger partial charge on any atom is -0.495 e. The zero-order valence-corrected chi connectivity index (χ0v) is 10.2. The van der Waals surface area contributed by atoms with Crippen molar-refractivity contribution in [3.63, 3.8) is 0 Å². The summed E-state index contributed by atoms with van der Waals surface area (Å²) in [4.78, 5) is 11.8. The molecule has 4 heteroatoms. The van der Waals surface area contributed by atoms with E-state index in [1.165, 1.54) is 0 Å². The van der Waals surface area contributed by atoms with Crippen molar-refractivity contribution < 1.29 is 9.53 Å². The second kappa shape index (κ2) is 5.08. The van der Waals surface area contributed by atoms with E-state index in [0.717, 1.165) is 24.3 Å². The van der Waals surface area contributed by atoms with Crippen molar-refractivity contribution in [2.75, 3.05) is 12.4 Å². The van der Waals surface area contributed by atoms with E-state index in [0.29, 0.717) is 6.04 Å². The van der Waals surface area contributed by atoms with Crippen LogP contribution in [0.1, 0.15) is 19.8 Å². The molecular weight excluding hydrogens is 216 g/mol. The third-order valence-corrected chi connectivity index (χ3v) is 2.80. The van der Waals surface area contributed by atoms with E-state index in [4.69, 9.17) is 4.74 Å². The number of hydrogen-bond donors (Lipinski definition) is 2. The molecule has 0 bridgehead atoms. The van der Waals surface area contributed by atoms with E-state index in [1.807, 2.05) is 31.2 Å². The van der Waals surface area contributed by atoms with Gasteiger partial charge < -0.3 is 15.4 Å². The number of anilines is 1. The number of hydrogen-bond acceptors (Lipinski definition) is 3. The van der Waals surface area contributed by atoms with Gasteiger partial charge in [0, 0.05) is 6.04 Å². The van der Waals surface area contributed by atoms with E-state index in [9.17, 15) is 4.79 Å². The summed E-state index contributed by atoms with van der Waals surface area (Å²) < 4.78 is 5.23. The van der Waals surface area contributed by atoms with Crippen LogP contribution in [0.5, 0.6) is 5.75 Å². The normalized spacial score (nSPS) is 16.1. The number of carbonyl (C=O) groups is 1. The summed E-state index contributed by atoms with van der Waals surface area (Å²) in [5.74, 6) is 0.789. The van der Waals surface area contributed by atoms with E-state index in [2.05, 4.69) is 10.6 Å². The van der Waals surface area contributed by atoms with Gasteiger partial charge >= 0.3 is 0 Å². The fourth-order valence-corrected chi connectivity index (χ4v) is 1.62. The summed E-state index contributed by atoms with van der Waals surface area (Å²) in [7, 11) is 1.62. The number of para-hydroxylation sites is 2. The van der Waals surface area contributed by atoms with Crippen LogP contribution in [-0.4, -0.2) is 25.1 Å². The Morgan fingerprint density at radius 1 is 1.41 bits per heavy atom. The number of methoxy groups -OCH3 is 1. The molecule has 1 fully saturated rings. The lowest BCUT2D eigenvalue weighted by molar-refractivity contribution is -0.121. The molecule has 1 unspecified atom stereocenters. The molecule has 0 spiro atoms. The highest BCUT2D eigenvalue weighted by atomic mass is 16.5. The first-order valence-corrected chi connectivity index (χ1v) is 5.90. The van der Waals surface area contributed by atoms with Gasteiger partial charge in [0.05, 0.1) is 12.8 Å². The maximum Gasteiger partial charge on any atom is 0.242 e. The van der Waals surface area contributed by atoms with Gasteiger partial charge in [-0.3, -0.25) is 4.79 Å². The van der Waals surface area contributed by atoms with Gasteiger partial charge in [-0.25, -0.2) is 0 Å². The average Bonchev–Trinajstić information content (AvgIpc) is 3.13. The van der Waals surface area contributed by atoms with Crippen molar-refractivity contribution in [3.05, 3.63) is 24.3 Å². The Morgan fingerprint density at radius 2 is 2.12 bits per heavy atom. The fourth-order valence-electron chi connectivity index (χ4n) is 1.62. The van der Waals surface area contributed by atoms with Gasteiger partial charge in [-0.1, -0.05) is 12.1 Å². The van der Waals surface area contributed by atoms with E-state index < -0.39 is 0 Å². The molecule has 1 aliphatic rings. The van der Waals surface area contributed by atoms with Crippen LogP contribution in [0.2, 0.25) is 0 Å². The second-order valence-electron chi connectivity index (χ2n) is 4.35. The Morgan fingerprint density at radius 3 is 2.76 bits per heavy atom. The molecule has 2 rings (SSSR count). The summed E-state index contributed by atoms with van der Waals surface area (Å²) in [6.07, 6.45) is 2.21. The maximum absolute atomic E-state index is 11.8. The summed E-state index contributed by atoms with van der Waals surface area (Å²) in [5, 5.41) is 6.13. The first kappa shape index (κ1) is 11.8. The molecule has 1 saturated carbocycles. The Kier molecular flexibility index (Phi) is 3.52. The zero-order valence-electron chi connectivity index (χ0n) is 10.2. The fraction of sp³-hybridized carbons (Fsp3) is 0.462. The summed E-state index contributed by atoms with van der Waals surface area (Å²) in [6.45, 7) is 1.85. The third-order valence-electron chi connectivity index (χ3n) is 2.80. The Balaban J connectivity index is 1.96. The van der Waals surface area contributed by atoms with Crippen molar-refractivity contribution in [2.45, 2.75) is 31.8 Å². The van der Waals surface area contributed by atoms with Gasteiger partial charge in [0.15, 0.2) is 0 Å². The van der Waals surface area contributed by atoms with Gasteiger partial charge in [0.2, 0.25) is 5.91 Å². The molecule has 17 heavy (non-hydrogen) atoms. The Labute approximate surface area is 101 Å². The lowest BCUT2D eigenvalue weighted by atomic mass is 10.2. The number of carbonyl (C=O) groups excluding carboxylic acids is 1. The molecule has 1 aliphatic carbocycles. The minimum absolute atomic E-state index is 0.0402. The molecule has 0 radical (unpaired) electrons. The molecule has 0 saturated heterocycles. The van der Waals surface area contributed by atoms with Gasteiger partial charge in [0.25, 0.3) is 0 Å². The zero-order chi connectivity index (χ0) is 12.3. The summed E-state index contributed by atoms with van der Waals surface area (Å²) in [5.41, 5.74) is 0.841. The Bertz CT molecular complexity index is 402. The molecule has 1 amide bonds. The molecule has 1 aromatic carbocycles. The van der Waals surface area contributed by atoms with Gasteiger partial charge in [-0.05, 0) is 31.9 Å². The highest BCUT2D eigenvalue weighted by Gasteiger charge is 2.25. The highest BCUT2D eigenvalue weighted by molar-refractivity contribution is 5.85. The monoisotopic (exact) mass is 234 g/mol. The molecule has 0 aliphatic heterocycles. The molecule has 2 N–H and O–H groups in total. The maximum atomic E-state index is 11.8. The van der Waals surface area contributed by atoms with E-state index >= 15 is 0 Å². The van der Waals surface area contributed by atoms with Gasteiger partial charge in [-0.15, -0.1) is 0 Å². The lowest BCUT2D eigenvalue weighted by Crippen LogP contribution is -2.38. The lowest BCUT2D eigenvalue weighted by Gasteiger charge is -2.17. The molecule has 0 heterocycles. The average molecular weight is 234 g/mol. The second-order valence-corrected chi connectivity index (χ2v) is 4.35. The van der Waals surface area contributed by atoms with Gasteiger partial charge in [0.1, 0.15) is 11.8 Å². The smallest absolute Gasteiger partial charge is 0.242 e.